The number of aromatic nitrogens is 2. The molecule has 0 aliphatic heterocycles. The number of hydrogen-bond acceptors (Lipinski definition) is 7. The Hall–Kier alpha value is -2.74. The number of nitrogens with zero attached hydrogens (tertiary/aromatic N) is 3. The second-order valence-electron chi connectivity index (χ2n) is 5.29. The predicted molar refractivity (Wildman–Crippen MR) is 92.2 cm³/mol. The fraction of sp³-hybridized carbons (Fsp3) is 0.375. The van der Waals surface area contributed by atoms with E-state index >= 15 is 0 Å². The van der Waals surface area contributed by atoms with Crippen LogP contribution in [0.25, 0.3) is 0 Å². The summed E-state index contributed by atoms with van der Waals surface area (Å²) < 4.78 is 4.96. The average molecular weight is 331 g/mol. The molecule has 8 nitrogen and oxygen atoms in total. The third-order valence-corrected chi connectivity index (χ3v) is 3.40. The maximum absolute atomic E-state index is 11.4. The molecule has 0 spiro atoms. The molecule has 0 atom stereocenters. The summed E-state index contributed by atoms with van der Waals surface area (Å²) in [5, 5.41) is 17.4. The Labute approximate surface area is 140 Å². The van der Waals surface area contributed by atoms with Crippen molar-refractivity contribution in [3.8, 4) is 0 Å². The van der Waals surface area contributed by atoms with E-state index in [1.807, 2.05) is 31.2 Å². The molecule has 1 aromatic heterocycles. The van der Waals surface area contributed by atoms with Crippen molar-refractivity contribution in [3.63, 3.8) is 0 Å². The summed E-state index contributed by atoms with van der Waals surface area (Å²) in [6, 6.07) is 7.93. The molecular formula is C16H21N5O3. The molecule has 0 amide bonds. The van der Waals surface area contributed by atoms with Crippen molar-refractivity contribution < 1.29 is 9.66 Å². The minimum Gasteiger partial charge on any atom is -0.385 e. The molecule has 2 N–H and O–H groups in total. The molecule has 0 saturated carbocycles. The number of rotatable bonds is 9. The molecule has 0 bridgehead atoms. The van der Waals surface area contributed by atoms with E-state index in [0.29, 0.717) is 19.7 Å². The topological polar surface area (TPSA) is 102 Å². The molecule has 0 radical (unpaired) electrons. The molecule has 0 unspecified atom stereocenters. The van der Waals surface area contributed by atoms with Crippen LogP contribution >= 0.6 is 0 Å². The summed E-state index contributed by atoms with van der Waals surface area (Å²) in [7, 11) is 1.61. The van der Waals surface area contributed by atoms with Crippen LogP contribution in [-0.4, -0.2) is 35.2 Å². The van der Waals surface area contributed by atoms with E-state index in [-0.39, 0.29) is 17.3 Å². The van der Waals surface area contributed by atoms with E-state index in [4.69, 9.17) is 4.74 Å². The van der Waals surface area contributed by atoms with Crippen molar-refractivity contribution in [3.05, 3.63) is 51.8 Å². The van der Waals surface area contributed by atoms with Gasteiger partial charge in [-0.3, -0.25) is 10.1 Å². The van der Waals surface area contributed by atoms with Gasteiger partial charge in [0.05, 0.1) is 4.92 Å². The first-order valence-corrected chi connectivity index (χ1v) is 7.63. The minimum absolute atomic E-state index is 0.151. The minimum atomic E-state index is -0.476. The lowest BCUT2D eigenvalue weighted by Crippen LogP contribution is -2.11. The fourth-order valence-electron chi connectivity index (χ4n) is 2.13. The normalized spacial score (nSPS) is 10.4. The summed E-state index contributed by atoms with van der Waals surface area (Å²) in [6.07, 6.45) is 2.03. The number of hydrogen-bond donors (Lipinski definition) is 2. The second kappa shape index (κ2) is 8.78. The number of ether oxygens (including phenoxy) is 1. The molecule has 1 heterocycles. The number of nitro groups is 1. The molecule has 2 rings (SSSR count). The summed E-state index contributed by atoms with van der Waals surface area (Å²) in [5.74, 6) is 0.405. The molecular weight excluding hydrogens is 310 g/mol. The van der Waals surface area contributed by atoms with Gasteiger partial charge in [0.25, 0.3) is 0 Å². The van der Waals surface area contributed by atoms with Crippen molar-refractivity contribution in [1.82, 2.24) is 9.97 Å². The lowest BCUT2D eigenvalue weighted by Gasteiger charge is -2.10. The molecule has 0 aliphatic carbocycles. The highest BCUT2D eigenvalue weighted by molar-refractivity contribution is 5.69. The second-order valence-corrected chi connectivity index (χ2v) is 5.29. The van der Waals surface area contributed by atoms with E-state index in [0.717, 1.165) is 17.5 Å². The highest BCUT2D eigenvalue weighted by Crippen LogP contribution is 2.29. The SMILES string of the molecule is COCCCNc1ncnc(NCc2ccc(C)cc2)c1[N+](=O)[O-]. The van der Waals surface area contributed by atoms with Crippen LogP contribution < -0.4 is 10.6 Å². The number of nitrogens with one attached hydrogen (secondary N) is 2. The standard InChI is InChI=1S/C16H21N5O3/c1-12-4-6-13(7-5-12)10-18-16-14(21(22)23)15(19-11-20-16)17-8-3-9-24-2/h4-7,11H,3,8-10H2,1-2H3,(H2,17,18,19,20). The Bertz CT molecular complexity index is 676. The first kappa shape index (κ1) is 17.6. The number of aryl methyl sites for hydroxylation is 1. The van der Waals surface area contributed by atoms with Gasteiger partial charge >= 0.3 is 5.69 Å². The van der Waals surface area contributed by atoms with E-state index in [9.17, 15) is 10.1 Å². The van der Waals surface area contributed by atoms with Gasteiger partial charge in [-0.15, -0.1) is 0 Å². The van der Waals surface area contributed by atoms with Crippen LogP contribution in [0.15, 0.2) is 30.6 Å². The summed E-state index contributed by atoms with van der Waals surface area (Å²) in [4.78, 5) is 18.9. The largest absolute Gasteiger partial charge is 0.385 e. The summed E-state index contributed by atoms with van der Waals surface area (Å²) in [5.41, 5.74) is 2.03. The Morgan fingerprint density at radius 1 is 1.17 bits per heavy atom. The first-order valence-electron chi connectivity index (χ1n) is 7.63. The Balaban J connectivity index is 2.10. The maximum Gasteiger partial charge on any atom is 0.353 e. The fourth-order valence-corrected chi connectivity index (χ4v) is 2.13. The van der Waals surface area contributed by atoms with Crippen LogP contribution in [0.3, 0.4) is 0 Å². The molecule has 2 aromatic rings. The van der Waals surface area contributed by atoms with E-state index < -0.39 is 4.92 Å². The highest BCUT2D eigenvalue weighted by Gasteiger charge is 2.22. The number of methoxy groups -OCH3 is 1. The van der Waals surface area contributed by atoms with E-state index in [1.54, 1.807) is 7.11 Å². The van der Waals surface area contributed by atoms with Gasteiger partial charge < -0.3 is 15.4 Å². The zero-order valence-corrected chi connectivity index (χ0v) is 13.8. The maximum atomic E-state index is 11.4. The molecule has 0 saturated heterocycles. The van der Waals surface area contributed by atoms with Crippen LogP contribution in [0.2, 0.25) is 0 Å². The summed E-state index contributed by atoms with van der Waals surface area (Å²) >= 11 is 0. The van der Waals surface area contributed by atoms with Crippen LogP contribution in [0, 0.1) is 17.0 Å². The van der Waals surface area contributed by atoms with Gasteiger partial charge in [-0.25, -0.2) is 9.97 Å². The lowest BCUT2D eigenvalue weighted by molar-refractivity contribution is -0.383. The van der Waals surface area contributed by atoms with Gasteiger partial charge in [-0.05, 0) is 18.9 Å². The van der Waals surface area contributed by atoms with Gasteiger partial charge in [0.15, 0.2) is 0 Å². The Morgan fingerprint density at radius 2 is 1.83 bits per heavy atom. The number of anilines is 2. The summed E-state index contributed by atoms with van der Waals surface area (Å²) in [6.45, 7) is 3.56. The van der Waals surface area contributed by atoms with Crippen LogP contribution in [-0.2, 0) is 11.3 Å². The van der Waals surface area contributed by atoms with Crippen LogP contribution in [0.1, 0.15) is 17.5 Å². The Morgan fingerprint density at radius 3 is 2.46 bits per heavy atom. The molecule has 128 valence electrons. The highest BCUT2D eigenvalue weighted by atomic mass is 16.6. The zero-order valence-electron chi connectivity index (χ0n) is 13.8. The third kappa shape index (κ3) is 4.88. The molecule has 0 aliphatic rings. The quantitative estimate of drug-likeness (QED) is 0.414. The monoisotopic (exact) mass is 331 g/mol. The smallest absolute Gasteiger partial charge is 0.353 e. The molecule has 8 heteroatoms. The average Bonchev–Trinajstić information content (AvgIpc) is 2.58. The van der Waals surface area contributed by atoms with Gasteiger partial charge in [-0.1, -0.05) is 29.8 Å². The van der Waals surface area contributed by atoms with Crippen molar-refractivity contribution >= 4 is 17.3 Å². The van der Waals surface area contributed by atoms with Crippen molar-refractivity contribution in [1.29, 1.82) is 0 Å². The Kier molecular flexibility index (Phi) is 6.44. The molecule has 1 aromatic carbocycles. The van der Waals surface area contributed by atoms with Crippen LogP contribution in [0.5, 0.6) is 0 Å². The van der Waals surface area contributed by atoms with Gasteiger partial charge in [0.1, 0.15) is 6.33 Å². The third-order valence-electron chi connectivity index (χ3n) is 3.40. The predicted octanol–water partition coefficient (Wildman–Crippen LogP) is 2.75. The first-order chi connectivity index (χ1) is 11.6. The van der Waals surface area contributed by atoms with Crippen molar-refractivity contribution in [2.45, 2.75) is 19.9 Å². The van der Waals surface area contributed by atoms with E-state index in [2.05, 4.69) is 20.6 Å². The van der Waals surface area contributed by atoms with Gasteiger partial charge in [-0.2, -0.15) is 0 Å². The van der Waals surface area contributed by atoms with E-state index in [1.165, 1.54) is 6.33 Å². The number of benzene rings is 1. The zero-order chi connectivity index (χ0) is 17.4. The molecule has 0 fully saturated rings. The van der Waals surface area contributed by atoms with Crippen LogP contribution in [0.4, 0.5) is 17.3 Å². The van der Waals surface area contributed by atoms with Crippen molar-refractivity contribution in [2.75, 3.05) is 30.9 Å². The van der Waals surface area contributed by atoms with Crippen molar-refractivity contribution in [2.24, 2.45) is 0 Å². The van der Waals surface area contributed by atoms with Gasteiger partial charge in [0.2, 0.25) is 11.6 Å². The molecule has 24 heavy (non-hydrogen) atoms. The lowest BCUT2D eigenvalue weighted by atomic mass is 10.1. The van der Waals surface area contributed by atoms with Gasteiger partial charge in [0, 0.05) is 26.8 Å².